The SMILES string of the molecule is COc1ccc(F)cc1C1C(C(=O)O)C1(C)C. The fraction of sp³-hybridized carbons (Fsp3) is 0.462. The van der Waals surface area contributed by atoms with E-state index in [0.717, 1.165) is 0 Å². The molecule has 0 bridgehead atoms. The number of hydrogen-bond donors (Lipinski definition) is 1. The van der Waals surface area contributed by atoms with Crippen LogP contribution in [0.2, 0.25) is 0 Å². The number of methoxy groups -OCH3 is 1. The van der Waals surface area contributed by atoms with Gasteiger partial charge in [0.2, 0.25) is 0 Å². The summed E-state index contributed by atoms with van der Waals surface area (Å²) in [6.07, 6.45) is 0. The van der Waals surface area contributed by atoms with Crippen molar-refractivity contribution in [1.29, 1.82) is 0 Å². The molecular formula is C13H15FO3. The smallest absolute Gasteiger partial charge is 0.307 e. The van der Waals surface area contributed by atoms with Gasteiger partial charge in [0.25, 0.3) is 0 Å². The normalized spacial score (nSPS) is 25.4. The highest BCUT2D eigenvalue weighted by Crippen LogP contribution is 2.65. The number of carboxylic acid groups (broad SMARTS) is 1. The van der Waals surface area contributed by atoms with Gasteiger partial charge in [-0.05, 0) is 23.6 Å². The van der Waals surface area contributed by atoms with Crippen LogP contribution in [0.1, 0.15) is 25.3 Å². The number of ether oxygens (including phenoxy) is 1. The minimum Gasteiger partial charge on any atom is -0.496 e. The number of benzene rings is 1. The van der Waals surface area contributed by atoms with Crippen LogP contribution < -0.4 is 4.74 Å². The molecule has 4 heteroatoms. The minimum atomic E-state index is -0.841. The van der Waals surface area contributed by atoms with Crippen LogP contribution in [0, 0.1) is 17.2 Å². The van der Waals surface area contributed by atoms with Crippen molar-refractivity contribution in [2.45, 2.75) is 19.8 Å². The molecule has 0 aliphatic heterocycles. The average Bonchev–Trinajstić information content (AvgIpc) is 2.81. The summed E-state index contributed by atoms with van der Waals surface area (Å²) < 4.78 is 18.4. The summed E-state index contributed by atoms with van der Waals surface area (Å²) in [5, 5.41) is 9.12. The first-order chi connectivity index (χ1) is 7.89. The lowest BCUT2D eigenvalue weighted by atomic mass is 10.0. The van der Waals surface area contributed by atoms with E-state index in [1.165, 1.54) is 25.3 Å². The summed E-state index contributed by atoms with van der Waals surface area (Å²) in [6.45, 7) is 3.75. The zero-order valence-corrected chi connectivity index (χ0v) is 10.0. The second-order valence-electron chi connectivity index (χ2n) is 5.00. The molecule has 1 fully saturated rings. The predicted molar refractivity (Wildman–Crippen MR) is 60.6 cm³/mol. The molecule has 0 saturated heterocycles. The highest BCUT2D eigenvalue weighted by atomic mass is 19.1. The zero-order valence-electron chi connectivity index (χ0n) is 10.0. The van der Waals surface area contributed by atoms with Crippen molar-refractivity contribution in [2.75, 3.05) is 7.11 Å². The van der Waals surface area contributed by atoms with Crippen molar-refractivity contribution in [3.8, 4) is 5.75 Å². The van der Waals surface area contributed by atoms with Crippen LogP contribution in [0.25, 0.3) is 0 Å². The van der Waals surface area contributed by atoms with E-state index >= 15 is 0 Å². The van der Waals surface area contributed by atoms with Crippen molar-refractivity contribution < 1.29 is 19.0 Å². The second kappa shape index (κ2) is 3.72. The number of hydrogen-bond acceptors (Lipinski definition) is 2. The molecule has 0 aromatic heterocycles. The van der Waals surface area contributed by atoms with E-state index in [9.17, 15) is 9.18 Å². The van der Waals surface area contributed by atoms with Crippen molar-refractivity contribution in [3.05, 3.63) is 29.6 Å². The summed E-state index contributed by atoms with van der Waals surface area (Å²) in [5.74, 6) is -1.32. The molecule has 1 N–H and O–H groups in total. The lowest BCUT2D eigenvalue weighted by Gasteiger charge is -2.09. The van der Waals surface area contributed by atoms with E-state index in [-0.39, 0.29) is 17.2 Å². The van der Waals surface area contributed by atoms with Gasteiger partial charge < -0.3 is 9.84 Å². The Bertz CT molecular complexity index is 468. The van der Waals surface area contributed by atoms with Crippen LogP contribution in [-0.2, 0) is 4.79 Å². The number of carboxylic acids is 1. The molecule has 0 heterocycles. The molecule has 1 saturated carbocycles. The number of carbonyl (C=O) groups is 1. The van der Waals surface area contributed by atoms with E-state index in [1.807, 2.05) is 13.8 Å². The van der Waals surface area contributed by atoms with Crippen LogP contribution in [0.3, 0.4) is 0 Å². The Morgan fingerprint density at radius 2 is 2.12 bits per heavy atom. The standard InChI is InChI=1S/C13H15FO3/c1-13(2)10(11(13)12(15)16)8-6-7(14)4-5-9(8)17-3/h4-6,10-11H,1-3H3,(H,15,16). The molecule has 1 aromatic rings. The Balaban J connectivity index is 2.42. The largest absolute Gasteiger partial charge is 0.496 e. The van der Waals surface area contributed by atoms with Gasteiger partial charge in [-0.25, -0.2) is 4.39 Å². The molecule has 0 radical (unpaired) electrons. The summed E-state index contributed by atoms with van der Waals surface area (Å²) in [7, 11) is 1.50. The Hall–Kier alpha value is -1.58. The second-order valence-corrected chi connectivity index (χ2v) is 5.00. The maximum atomic E-state index is 13.2. The van der Waals surface area contributed by atoms with Gasteiger partial charge in [0.1, 0.15) is 11.6 Å². The quantitative estimate of drug-likeness (QED) is 0.880. The first-order valence-corrected chi connectivity index (χ1v) is 5.46. The lowest BCUT2D eigenvalue weighted by Crippen LogP contribution is -2.03. The number of aliphatic carboxylic acids is 1. The van der Waals surface area contributed by atoms with E-state index in [2.05, 4.69) is 0 Å². The van der Waals surface area contributed by atoms with Gasteiger partial charge in [-0.2, -0.15) is 0 Å². The van der Waals surface area contributed by atoms with Gasteiger partial charge >= 0.3 is 5.97 Å². The monoisotopic (exact) mass is 238 g/mol. The lowest BCUT2D eigenvalue weighted by molar-refractivity contribution is -0.139. The summed E-state index contributed by atoms with van der Waals surface area (Å²) >= 11 is 0. The summed E-state index contributed by atoms with van der Waals surface area (Å²) in [4.78, 5) is 11.1. The maximum Gasteiger partial charge on any atom is 0.307 e. The molecule has 1 aliphatic rings. The molecule has 2 atom stereocenters. The van der Waals surface area contributed by atoms with Crippen LogP contribution in [0.15, 0.2) is 18.2 Å². The summed E-state index contributed by atoms with van der Waals surface area (Å²) in [5.41, 5.74) is 0.289. The molecule has 3 nitrogen and oxygen atoms in total. The van der Waals surface area contributed by atoms with Crippen molar-refractivity contribution in [3.63, 3.8) is 0 Å². The Kier molecular flexibility index (Phi) is 2.60. The van der Waals surface area contributed by atoms with Gasteiger partial charge in [0.15, 0.2) is 0 Å². The molecule has 92 valence electrons. The molecule has 1 aromatic carbocycles. The topological polar surface area (TPSA) is 46.5 Å². The third-order valence-electron chi connectivity index (χ3n) is 3.62. The van der Waals surface area contributed by atoms with Crippen LogP contribution >= 0.6 is 0 Å². The third kappa shape index (κ3) is 1.77. The van der Waals surface area contributed by atoms with Crippen LogP contribution in [0.5, 0.6) is 5.75 Å². The van der Waals surface area contributed by atoms with Gasteiger partial charge in [0, 0.05) is 11.5 Å². The number of rotatable bonds is 3. The van der Waals surface area contributed by atoms with Gasteiger partial charge in [-0.3, -0.25) is 4.79 Å². The fourth-order valence-corrected chi connectivity index (χ4v) is 2.63. The van der Waals surface area contributed by atoms with E-state index in [0.29, 0.717) is 11.3 Å². The fourth-order valence-electron chi connectivity index (χ4n) is 2.63. The molecule has 0 spiro atoms. The maximum absolute atomic E-state index is 13.2. The Labute approximate surface area is 99.2 Å². The Morgan fingerprint density at radius 1 is 1.47 bits per heavy atom. The molecular weight excluding hydrogens is 223 g/mol. The van der Waals surface area contributed by atoms with Crippen molar-refractivity contribution in [1.82, 2.24) is 0 Å². The highest BCUT2D eigenvalue weighted by molar-refractivity contribution is 5.78. The number of halogens is 1. The minimum absolute atomic E-state index is 0.189. The average molecular weight is 238 g/mol. The molecule has 2 rings (SSSR count). The molecule has 17 heavy (non-hydrogen) atoms. The van der Waals surface area contributed by atoms with E-state index in [4.69, 9.17) is 9.84 Å². The predicted octanol–water partition coefficient (Wildman–Crippen LogP) is 2.66. The molecule has 0 amide bonds. The van der Waals surface area contributed by atoms with Crippen LogP contribution in [0.4, 0.5) is 4.39 Å². The van der Waals surface area contributed by atoms with Crippen LogP contribution in [-0.4, -0.2) is 18.2 Å². The highest BCUT2D eigenvalue weighted by Gasteiger charge is 2.63. The van der Waals surface area contributed by atoms with Gasteiger partial charge in [0.05, 0.1) is 13.0 Å². The third-order valence-corrected chi connectivity index (χ3v) is 3.62. The van der Waals surface area contributed by atoms with Crippen molar-refractivity contribution in [2.24, 2.45) is 11.3 Å². The van der Waals surface area contributed by atoms with Crippen molar-refractivity contribution >= 4 is 5.97 Å². The molecule has 1 aliphatic carbocycles. The first-order valence-electron chi connectivity index (χ1n) is 5.46. The van der Waals surface area contributed by atoms with Gasteiger partial charge in [-0.1, -0.05) is 13.8 Å². The van der Waals surface area contributed by atoms with E-state index < -0.39 is 11.9 Å². The van der Waals surface area contributed by atoms with Gasteiger partial charge in [-0.15, -0.1) is 0 Å². The molecule has 2 unspecified atom stereocenters. The van der Waals surface area contributed by atoms with E-state index in [1.54, 1.807) is 0 Å². The first kappa shape index (κ1) is 11.9. The Morgan fingerprint density at radius 3 is 2.59 bits per heavy atom. The summed E-state index contributed by atoms with van der Waals surface area (Å²) in [6, 6.07) is 4.22. The zero-order chi connectivity index (χ0) is 12.8.